The molecule has 3 rings (SSSR count). The Morgan fingerprint density at radius 1 is 1.25 bits per heavy atom. The average molecular weight is 266 g/mol. The van der Waals surface area contributed by atoms with Gasteiger partial charge in [0, 0.05) is 0 Å². The molecule has 4 nitrogen and oxygen atoms in total. The minimum absolute atomic E-state index is 0.0177. The summed E-state index contributed by atoms with van der Waals surface area (Å²) in [6.07, 6.45) is 0. The lowest BCUT2D eigenvalue weighted by molar-refractivity contribution is 0.623. The predicted octanol–water partition coefficient (Wildman–Crippen LogP) is 2.93. The van der Waals surface area contributed by atoms with Gasteiger partial charge in [-0.3, -0.25) is 4.57 Å². The van der Waals surface area contributed by atoms with Gasteiger partial charge in [0.2, 0.25) is 5.95 Å². The van der Waals surface area contributed by atoms with Crippen molar-refractivity contribution in [1.82, 2.24) is 9.55 Å². The zero-order valence-corrected chi connectivity index (χ0v) is 10.8. The topological polar surface area (TPSA) is 67.6 Å². The molecule has 5 heteroatoms. The van der Waals surface area contributed by atoms with Gasteiger partial charge in [-0.2, -0.15) is 5.26 Å². The van der Waals surface area contributed by atoms with E-state index < -0.39 is 5.82 Å². The number of imidazole rings is 1. The molecule has 98 valence electrons. The zero-order valence-electron chi connectivity index (χ0n) is 10.8. The van der Waals surface area contributed by atoms with Crippen LogP contribution in [-0.4, -0.2) is 9.55 Å². The highest BCUT2D eigenvalue weighted by Gasteiger charge is 2.12. The molecule has 1 aromatic heterocycles. The van der Waals surface area contributed by atoms with Gasteiger partial charge in [-0.1, -0.05) is 6.07 Å². The van der Waals surface area contributed by atoms with Gasteiger partial charge in [0.15, 0.2) is 0 Å². The third kappa shape index (κ3) is 1.79. The highest BCUT2D eigenvalue weighted by molar-refractivity contribution is 5.81. The summed E-state index contributed by atoms with van der Waals surface area (Å²) >= 11 is 0. The Kier molecular flexibility index (Phi) is 2.65. The van der Waals surface area contributed by atoms with E-state index in [0.29, 0.717) is 11.6 Å². The van der Waals surface area contributed by atoms with Crippen molar-refractivity contribution in [1.29, 1.82) is 5.26 Å². The first kappa shape index (κ1) is 12.2. The molecule has 0 saturated carbocycles. The number of benzene rings is 2. The molecule has 3 aromatic rings. The zero-order chi connectivity index (χ0) is 14.3. The molecule has 2 N–H and O–H groups in total. The van der Waals surface area contributed by atoms with Crippen LogP contribution >= 0.6 is 0 Å². The Morgan fingerprint density at radius 2 is 2.05 bits per heavy atom. The summed E-state index contributed by atoms with van der Waals surface area (Å²) in [6, 6.07) is 11.9. The molecule has 2 aromatic carbocycles. The Labute approximate surface area is 114 Å². The highest BCUT2D eigenvalue weighted by Crippen LogP contribution is 2.25. The van der Waals surface area contributed by atoms with Gasteiger partial charge in [-0.15, -0.1) is 0 Å². The second-order valence-corrected chi connectivity index (χ2v) is 4.57. The molecular weight excluding hydrogens is 255 g/mol. The molecule has 0 unspecified atom stereocenters. The largest absolute Gasteiger partial charge is 0.369 e. The lowest BCUT2D eigenvalue weighted by Crippen LogP contribution is -2.01. The van der Waals surface area contributed by atoms with E-state index >= 15 is 0 Å². The number of nitrogens with zero attached hydrogens (tertiary/aromatic N) is 3. The van der Waals surface area contributed by atoms with Gasteiger partial charge in [-0.25, -0.2) is 9.37 Å². The van der Waals surface area contributed by atoms with Crippen molar-refractivity contribution in [2.45, 2.75) is 6.92 Å². The summed E-state index contributed by atoms with van der Waals surface area (Å²) in [5, 5.41) is 8.91. The fraction of sp³-hybridized carbons (Fsp3) is 0.0667. The van der Waals surface area contributed by atoms with E-state index in [2.05, 4.69) is 4.98 Å². The van der Waals surface area contributed by atoms with Crippen molar-refractivity contribution >= 4 is 17.0 Å². The first-order valence-electron chi connectivity index (χ1n) is 6.05. The van der Waals surface area contributed by atoms with E-state index in [9.17, 15) is 4.39 Å². The summed E-state index contributed by atoms with van der Waals surface area (Å²) in [7, 11) is 0. The molecular formula is C15H11FN4. The number of hydrogen-bond donors (Lipinski definition) is 1. The third-order valence-corrected chi connectivity index (χ3v) is 3.16. The van der Waals surface area contributed by atoms with Gasteiger partial charge >= 0.3 is 0 Å². The highest BCUT2D eigenvalue weighted by atomic mass is 19.1. The van der Waals surface area contributed by atoms with Gasteiger partial charge in [-0.05, 0) is 42.8 Å². The van der Waals surface area contributed by atoms with Crippen LogP contribution < -0.4 is 5.73 Å². The molecule has 0 radical (unpaired) electrons. The quantitative estimate of drug-likeness (QED) is 0.736. The van der Waals surface area contributed by atoms with Gasteiger partial charge in [0.25, 0.3) is 0 Å². The molecule has 0 fully saturated rings. The van der Waals surface area contributed by atoms with Crippen molar-refractivity contribution in [2.24, 2.45) is 0 Å². The second kappa shape index (κ2) is 4.35. The van der Waals surface area contributed by atoms with Crippen molar-refractivity contribution in [2.75, 3.05) is 5.73 Å². The van der Waals surface area contributed by atoms with Crippen LogP contribution in [0, 0.1) is 24.1 Å². The van der Waals surface area contributed by atoms with Crippen LogP contribution in [0.4, 0.5) is 10.3 Å². The Balaban J connectivity index is 2.29. The molecule has 0 aliphatic carbocycles. The van der Waals surface area contributed by atoms with Crippen LogP contribution in [0.2, 0.25) is 0 Å². The molecule has 1 heterocycles. The third-order valence-electron chi connectivity index (χ3n) is 3.16. The number of aromatic nitrogens is 2. The van der Waals surface area contributed by atoms with E-state index in [1.54, 1.807) is 10.6 Å². The van der Waals surface area contributed by atoms with Gasteiger partial charge in [0.1, 0.15) is 11.9 Å². The molecule has 0 saturated heterocycles. The molecule has 0 aliphatic heterocycles. The Hall–Kier alpha value is -2.87. The van der Waals surface area contributed by atoms with Crippen molar-refractivity contribution < 1.29 is 4.39 Å². The molecule has 0 spiro atoms. The summed E-state index contributed by atoms with van der Waals surface area (Å²) in [5.41, 5.74) is 9.21. The average Bonchev–Trinajstić information content (AvgIpc) is 2.74. The van der Waals surface area contributed by atoms with E-state index in [4.69, 9.17) is 11.0 Å². The van der Waals surface area contributed by atoms with Crippen LogP contribution in [0.3, 0.4) is 0 Å². The number of halogens is 1. The van der Waals surface area contributed by atoms with Crippen molar-refractivity contribution in [3.8, 4) is 11.8 Å². The minimum Gasteiger partial charge on any atom is -0.369 e. The predicted molar refractivity (Wildman–Crippen MR) is 74.9 cm³/mol. The maximum atomic E-state index is 13.4. The molecule has 0 amide bonds. The molecule has 0 bridgehead atoms. The van der Waals surface area contributed by atoms with Gasteiger partial charge < -0.3 is 5.73 Å². The van der Waals surface area contributed by atoms with E-state index in [0.717, 1.165) is 16.6 Å². The number of nitrogen functional groups attached to an aromatic ring is 1. The van der Waals surface area contributed by atoms with Crippen molar-refractivity contribution in [3.05, 3.63) is 53.3 Å². The fourth-order valence-electron chi connectivity index (χ4n) is 2.22. The lowest BCUT2D eigenvalue weighted by Gasteiger charge is -2.07. The van der Waals surface area contributed by atoms with Gasteiger partial charge in [0.05, 0.1) is 22.3 Å². The maximum absolute atomic E-state index is 13.4. The van der Waals surface area contributed by atoms with E-state index in [1.165, 1.54) is 12.1 Å². The molecule has 20 heavy (non-hydrogen) atoms. The van der Waals surface area contributed by atoms with Crippen LogP contribution in [0.1, 0.15) is 11.1 Å². The summed E-state index contributed by atoms with van der Waals surface area (Å²) in [6.45, 7) is 1.97. The smallest absolute Gasteiger partial charge is 0.205 e. The second-order valence-electron chi connectivity index (χ2n) is 4.57. The number of anilines is 1. The van der Waals surface area contributed by atoms with Crippen LogP contribution in [0.15, 0.2) is 36.4 Å². The first-order chi connectivity index (χ1) is 9.60. The normalized spacial score (nSPS) is 10.7. The number of rotatable bonds is 1. The van der Waals surface area contributed by atoms with E-state index in [-0.39, 0.29) is 5.56 Å². The maximum Gasteiger partial charge on any atom is 0.205 e. The number of nitrogens with two attached hydrogens (primary N) is 1. The van der Waals surface area contributed by atoms with Crippen LogP contribution in [0.5, 0.6) is 0 Å². The monoisotopic (exact) mass is 266 g/mol. The lowest BCUT2D eigenvalue weighted by atomic mass is 10.2. The van der Waals surface area contributed by atoms with Crippen molar-refractivity contribution in [3.63, 3.8) is 0 Å². The van der Waals surface area contributed by atoms with Crippen LogP contribution in [-0.2, 0) is 0 Å². The minimum atomic E-state index is -0.546. The summed E-state index contributed by atoms with van der Waals surface area (Å²) in [4.78, 5) is 4.29. The van der Waals surface area contributed by atoms with E-state index in [1.807, 2.05) is 31.2 Å². The number of fused-ring (bicyclic) bond motifs is 1. The Bertz CT molecular complexity index is 858. The fourth-order valence-corrected chi connectivity index (χ4v) is 2.22. The molecule has 0 atom stereocenters. The number of hydrogen-bond acceptors (Lipinski definition) is 3. The molecule has 0 aliphatic rings. The first-order valence-corrected chi connectivity index (χ1v) is 6.05. The SMILES string of the molecule is Cc1ccc2c(c1)nc(N)n2-c1ccc(F)c(C#N)c1. The number of nitriles is 1. The Morgan fingerprint density at radius 3 is 2.80 bits per heavy atom. The summed E-state index contributed by atoms with van der Waals surface area (Å²) < 4.78 is 15.1. The standard InChI is InChI=1S/C15H11FN4/c1-9-2-5-14-13(6-9)19-15(18)20(14)11-3-4-12(16)10(7-11)8-17/h2-7H,1H3,(H2,18,19). The number of aryl methyl sites for hydroxylation is 1. The van der Waals surface area contributed by atoms with Crippen LogP contribution in [0.25, 0.3) is 16.7 Å². The summed E-state index contributed by atoms with van der Waals surface area (Å²) in [5.74, 6) is -0.240.